The molecule has 1 aromatic heterocycles. The lowest BCUT2D eigenvalue weighted by Gasteiger charge is -2.19. The first-order valence-corrected chi connectivity index (χ1v) is 5.30. The summed E-state index contributed by atoms with van der Waals surface area (Å²) < 4.78 is 0. The van der Waals surface area contributed by atoms with Crippen molar-refractivity contribution < 1.29 is 0 Å². The topological polar surface area (TPSA) is 24.9 Å². The fourth-order valence-corrected chi connectivity index (χ4v) is 1.80. The molecule has 1 heterocycles. The average Bonchev–Trinajstić information content (AvgIpc) is 2.15. The Balaban J connectivity index is 2.95. The van der Waals surface area contributed by atoms with Gasteiger partial charge in [0.05, 0.1) is 15.7 Å². The molecule has 4 heteroatoms. The second-order valence-corrected chi connectivity index (χ2v) is 4.23. The molecule has 0 radical (unpaired) electrons. The molecule has 2 atom stereocenters. The van der Waals surface area contributed by atoms with Crippen LogP contribution in [-0.4, -0.2) is 18.1 Å². The van der Waals surface area contributed by atoms with E-state index < -0.39 is 0 Å². The Morgan fingerprint density at radius 3 is 2.50 bits per heavy atom. The van der Waals surface area contributed by atoms with E-state index in [4.69, 9.17) is 23.2 Å². The van der Waals surface area contributed by atoms with Gasteiger partial charge in [-0.25, -0.2) is 0 Å². The molecular weight excluding hydrogens is 219 g/mol. The summed E-state index contributed by atoms with van der Waals surface area (Å²) in [7, 11) is 1.92. The Morgan fingerprint density at radius 2 is 2.00 bits per heavy atom. The van der Waals surface area contributed by atoms with Crippen molar-refractivity contribution in [1.82, 2.24) is 10.3 Å². The number of hydrogen-bond donors (Lipinski definition) is 1. The number of pyridine rings is 1. The van der Waals surface area contributed by atoms with E-state index in [1.807, 2.05) is 7.05 Å². The molecule has 78 valence electrons. The van der Waals surface area contributed by atoms with E-state index >= 15 is 0 Å². The first-order valence-electron chi connectivity index (χ1n) is 4.54. The zero-order valence-corrected chi connectivity index (χ0v) is 10.0. The van der Waals surface area contributed by atoms with Gasteiger partial charge in [0.15, 0.2) is 0 Å². The second kappa shape index (κ2) is 4.96. The third-order valence-corrected chi connectivity index (χ3v) is 2.98. The highest BCUT2D eigenvalue weighted by Crippen LogP contribution is 2.26. The largest absolute Gasteiger partial charge is 0.317 e. The van der Waals surface area contributed by atoms with Crippen molar-refractivity contribution in [2.45, 2.75) is 25.8 Å². The summed E-state index contributed by atoms with van der Waals surface area (Å²) in [6.07, 6.45) is 1.63. The molecule has 0 aliphatic heterocycles. The highest BCUT2D eigenvalue weighted by Gasteiger charge is 2.16. The van der Waals surface area contributed by atoms with Crippen LogP contribution in [0.3, 0.4) is 0 Å². The molecule has 14 heavy (non-hydrogen) atoms. The summed E-state index contributed by atoms with van der Waals surface area (Å²) in [5, 5.41) is 4.38. The van der Waals surface area contributed by atoms with Gasteiger partial charge in [-0.15, -0.1) is 0 Å². The van der Waals surface area contributed by atoms with Crippen LogP contribution in [0.15, 0.2) is 12.3 Å². The van der Waals surface area contributed by atoms with Crippen molar-refractivity contribution in [3.63, 3.8) is 0 Å². The Hall–Kier alpha value is -0.310. The molecule has 0 fully saturated rings. The lowest BCUT2D eigenvalue weighted by molar-refractivity contribution is 0.515. The van der Waals surface area contributed by atoms with Crippen molar-refractivity contribution in [2.24, 2.45) is 0 Å². The van der Waals surface area contributed by atoms with Crippen molar-refractivity contribution in [3.05, 3.63) is 28.0 Å². The van der Waals surface area contributed by atoms with Crippen LogP contribution in [0, 0.1) is 0 Å². The van der Waals surface area contributed by atoms with Crippen molar-refractivity contribution in [2.75, 3.05) is 7.05 Å². The minimum absolute atomic E-state index is 0.268. The van der Waals surface area contributed by atoms with Crippen molar-refractivity contribution >= 4 is 23.2 Å². The summed E-state index contributed by atoms with van der Waals surface area (Å²) in [5.74, 6) is 0.268. The number of halogens is 2. The molecule has 0 saturated heterocycles. The maximum Gasteiger partial charge on any atom is 0.0639 e. The molecule has 1 aromatic rings. The SMILES string of the molecule is CNC(C)C(C)c1ncc(Cl)cc1Cl. The normalized spacial score (nSPS) is 15.2. The molecule has 0 aliphatic carbocycles. The average molecular weight is 233 g/mol. The van der Waals surface area contributed by atoms with Gasteiger partial charge in [-0.05, 0) is 20.0 Å². The highest BCUT2D eigenvalue weighted by molar-refractivity contribution is 6.34. The minimum atomic E-state index is 0.268. The van der Waals surface area contributed by atoms with Gasteiger partial charge in [-0.2, -0.15) is 0 Å². The van der Waals surface area contributed by atoms with Gasteiger partial charge in [0.1, 0.15) is 0 Å². The zero-order valence-electron chi connectivity index (χ0n) is 8.51. The molecule has 0 bridgehead atoms. The lowest BCUT2D eigenvalue weighted by atomic mass is 9.99. The Bertz CT molecular complexity index is 315. The van der Waals surface area contributed by atoms with Gasteiger partial charge >= 0.3 is 0 Å². The molecule has 1 N–H and O–H groups in total. The minimum Gasteiger partial charge on any atom is -0.317 e. The predicted molar refractivity (Wildman–Crippen MR) is 61.2 cm³/mol. The Labute approximate surface area is 94.6 Å². The summed E-state index contributed by atoms with van der Waals surface area (Å²) in [6.45, 7) is 4.18. The number of nitrogens with one attached hydrogen (secondary N) is 1. The summed E-state index contributed by atoms with van der Waals surface area (Å²) in [5.41, 5.74) is 0.887. The molecule has 0 spiro atoms. The first-order chi connectivity index (χ1) is 6.56. The van der Waals surface area contributed by atoms with Crippen LogP contribution in [-0.2, 0) is 0 Å². The standard InChI is InChI=1S/C10H14Cl2N2/c1-6(7(2)13-3)10-9(12)4-8(11)5-14-10/h4-7,13H,1-3H3. The molecular formula is C10H14Cl2N2. The van der Waals surface area contributed by atoms with E-state index in [0.717, 1.165) is 5.69 Å². The van der Waals surface area contributed by atoms with Gasteiger partial charge in [-0.1, -0.05) is 30.1 Å². The van der Waals surface area contributed by atoms with Gasteiger partial charge in [0.2, 0.25) is 0 Å². The number of likely N-dealkylation sites (N-methyl/N-ethyl adjacent to an activating group) is 1. The summed E-state index contributed by atoms with van der Waals surface area (Å²) in [6, 6.07) is 2.06. The van der Waals surface area contributed by atoms with E-state index in [1.54, 1.807) is 12.3 Å². The molecule has 2 unspecified atom stereocenters. The smallest absolute Gasteiger partial charge is 0.0639 e. The van der Waals surface area contributed by atoms with Crippen molar-refractivity contribution in [1.29, 1.82) is 0 Å². The van der Waals surface area contributed by atoms with Crippen LogP contribution in [0.1, 0.15) is 25.5 Å². The quantitative estimate of drug-likeness (QED) is 0.867. The summed E-state index contributed by atoms with van der Waals surface area (Å²) in [4.78, 5) is 4.24. The third kappa shape index (κ3) is 2.59. The zero-order chi connectivity index (χ0) is 10.7. The first kappa shape index (κ1) is 11.8. The van der Waals surface area contributed by atoms with E-state index in [9.17, 15) is 0 Å². The van der Waals surface area contributed by atoms with Gasteiger partial charge < -0.3 is 5.32 Å². The van der Waals surface area contributed by atoms with Crippen LogP contribution in [0.4, 0.5) is 0 Å². The van der Waals surface area contributed by atoms with Crippen LogP contribution in [0.2, 0.25) is 10.0 Å². The fourth-order valence-electron chi connectivity index (χ4n) is 1.25. The molecule has 2 nitrogen and oxygen atoms in total. The lowest BCUT2D eigenvalue weighted by Crippen LogP contribution is -2.27. The number of nitrogens with zero attached hydrogens (tertiary/aromatic N) is 1. The highest BCUT2D eigenvalue weighted by atomic mass is 35.5. The molecule has 1 rings (SSSR count). The van der Waals surface area contributed by atoms with Gasteiger partial charge in [0, 0.05) is 18.2 Å². The Kier molecular flexibility index (Phi) is 4.17. The van der Waals surface area contributed by atoms with E-state index in [-0.39, 0.29) is 5.92 Å². The molecule has 0 amide bonds. The predicted octanol–water partition coefficient (Wildman–Crippen LogP) is 3.10. The molecule has 0 aliphatic rings. The maximum atomic E-state index is 6.05. The number of hydrogen-bond acceptors (Lipinski definition) is 2. The van der Waals surface area contributed by atoms with Gasteiger partial charge in [-0.3, -0.25) is 4.98 Å². The third-order valence-electron chi connectivity index (χ3n) is 2.47. The molecule has 0 saturated carbocycles. The summed E-state index contributed by atoms with van der Waals surface area (Å²) >= 11 is 11.8. The van der Waals surface area contributed by atoms with Crippen LogP contribution in [0.5, 0.6) is 0 Å². The monoisotopic (exact) mass is 232 g/mol. The molecule has 0 aromatic carbocycles. The van der Waals surface area contributed by atoms with Crippen LogP contribution < -0.4 is 5.32 Å². The number of aromatic nitrogens is 1. The van der Waals surface area contributed by atoms with Crippen LogP contribution >= 0.6 is 23.2 Å². The number of rotatable bonds is 3. The van der Waals surface area contributed by atoms with E-state index in [2.05, 4.69) is 24.1 Å². The fraction of sp³-hybridized carbons (Fsp3) is 0.500. The van der Waals surface area contributed by atoms with E-state index in [0.29, 0.717) is 16.1 Å². The van der Waals surface area contributed by atoms with Crippen LogP contribution in [0.25, 0.3) is 0 Å². The van der Waals surface area contributed by atoms with E-state index in [1.165, 1.54) is 0 Å². The Morgan fingerprint density at radius 1 is 1.36 bits per heavy atom. The second-order valence-electron chi connectivity index (χ2n) is 3.39. The van der Waals surface area contributed by atoms with Gasteiger partial charge in [0.25, 0.3) is 0 Å². The maximum absolute atomic E-state index is 6.05. The van der Waals surface area contributed by atoms with Crippen molar-refractivity contribution in [3.8, 4) is 0 Å².